The van der Waals surface area contributed by atoms with E-state index in [1.165, 1.54) is 5.56 Å². The van der Waals surface area contributed by atoms with Gasteiger partial charge in [-0.1, -0.05) is 30.3 Å². The van der Waals surface area contributed by atoms with Crippen LogP contribution < -0.4 is 10.6 Å². The van der Waals surface area contributed by atoms with E-state index in [4.69, 9.17) is 4.74 Å². The zero-order chi connectivity index (χ0) is 16.2. The average molecular weight is 307 g/mol. The first-order valence-corrected chi connectivity index (χ1v) is 7.41. The summed E-state index contributed by atoms with van der Waals surface area (Å²) in [7, 11) is 3.42. The summed E-state index contributed by atoms with van der Waals surface area (Å²) < 4.78 is 4.81. The molecule has 1 rings (SSSR count). The first-order chi connectivity index (χ1) is 10.6. The highest BCUT2D eigenvalue weighted by Crippen LogP contribution is 2.02. The van der Waals surface area contributed by atoms with Crippen molar-refractivity contribution in [2.45, 2.75) is 12.8 Å². The molecule has 0 heterocycles. The van der Waals surface area contributed by atoms with Crippen LogP contribution in [0.5, 0.6) is 0 Å². The van der Waals surface area contributed by atoms with Crippen LogP contribution in [0.3, 0.4) is 0 Å². The summed E-state index contributed by atoms with van der Waals surface area (Å²) in [4.78, 5) is 25.0. The fraction of sp³-hybridized carbons (Fsp3) is 0.500. The number of likely N-dealkylation sites (N-methyl/N-ethyl adjacent to an activating group) is 1. The van der Waals surface area contributed by atoms with Crippen molar-refractivity contribution >= 4 is 11.9 Å². The Kier molecular flexibility index (Phi) is 8.86. The van der Waals surface area contributed by atoms with E-state index in [0.29, 0.717) is 13.2 Å². The fourth-order valence-electron chi connectivity index (χ4n) is 2.00. The molecule has 0 aliphatic heterocycles. The molecule has 0 aliphatic carbocycles. The summed E-state index contributed by atoms with van der Waals surface area (Å²) in [6.45, 7) is 1.80. The van der Waals surface area contributed by atoms with Crippen molar-refractivity contribution in [2.75, 3.05) is 40.4 Å². The zero-order valence-corrected chi connectivity index (χ0v) is 13.3. The summed E-state index contributed by atoms with van der Waals surface area (Å²) in [5.74, 6) is -0.308. The lowest BCUT2D eigenvalue weighted by Crippen LogP contribution is -2.44. The van der Waals surface area contributed by atoms with Gasteiger partial charge in [-0.15, -0.1) is 0 Å². The van der Waals surface area contributed by atoms with Gasteiger partial charge < -0.3 is 10.1 Å². The van der Waals surface area contributed by atoms with Gasteiger partial charge in [-0.05, 0) is 32.0 Å². The highest BCUT2D eigenvalue weighted by atomic mass is 16.5. The number of amides is 3. The number of ether oxygens (including phenoxy) is 1. The van der Waals surface area contributed by atoms with Crippen molar-refractivity contribution in [1.29, 1.82) is 0 Å². The molecule has 0 saturated heterocycles. The van der Waals surface area contributed by atoms with E-state index in [-0.39, 0.29) is 12.5 Å². The van der Waals surface area contributed by atoms with Gasteiger partial charge in [0.2, 0.25) is 5.91 Å². The third kappa shape index (κ3) is 8.39. The molecular weight excluding hydrogens is 282 g/mol. The molecule has 0 atom stereocenters. The number of hydrogen-bond acceptors (Lipinski definition) is 4. The zero-order valence-electron chi connectivity index (χ0n) is 13.3. The number of aryl methyl sites for hydroxylation is 1. The first kappa shape index (κ1) is 18.1. The number of nitrogens with one attached hydrogen (secondary N) is 2. The first-order valence-electron chi connectivity index (χ1n) is 7.41. The van der Waals surface area contributed by atoms with Crippen molar-refractivity contribution in [1.82, 2.24) is 15.5 Å². The maximum atomic E-state index is 11.7. The smallest absolute Gasteiger partial charge is 0.321 e. The van der Waals surface area contributed by atoms with Crippen LogP contribution in [-0.4, -0.2) is 57.2 Å². The van der Waals surface area contributed by atoms with Crippen molar-refractivity contribution in [3.8, 4) is 0 Å². The minimum absolute atomic E-state index is 0.201. The van der Waals surface area contributed by atoms with Gasteiger partial charge in [-0.2, -0.15) is 0 Å². The molecule has 122 valence electrons. The third-order valence-corrected chi connectivity index (χ3v) is 3.11. The van der Waals surface area contributed by atoms with E-state index >= 15 is 0 Å². The normalized spacial score (nSPS) is 10.5. The number of urea groups is 1. The lowest BCUT2D eigenvalue weighted by Gasteiger charge is -2.16. The van der Waals surface area contributed by atoms with Crippen molar-refractivity contribution in [3.63, 3.8) is 0 Å². The van der Waals surface area contributed by atoms with Gasteiger partial charge in [0.05, 0.1) is 13.2 Å². The molecule has 0 aliphatic rings. The standard InChI is InChI=1S/C16H25N3O3/c1-19(11-6-9-14-7-4-3-5-8-14)13-15(20)18-16(21)17-10-12-22-2/h3-5,7-8H,6,9-13H2,1-2H3,(H2,17,18,20,21). The van der Waals surface area contributed by atoms with Gasteiger partial charge in [0.15, 0.2) is 0 Å². The Morgan fingerprint density at radius 1 is 1.23 bits per heavy atom. The molecule has 2 N–H and O–H groups in total. The van der Waals surface area contributed by atoms with Crippen LogP contribution in [0.4, 0.5) is 4.79 Å². The summed E-state index contributed by atoms with van der Waals surface area (Å²) in [5, 5.41) is 4.83. The molecule has 6 nitrogen and oxygen atoms in total. The molecule has 1 aromatic carbocycles. The maximum absolute atomic E-state index is 11.7. The maximum Gasteiger partial charge on any atom is 0.321 e. The Morgan fingerprint density at radius 2 is 1.95 bits per heavy atom. The predicted molar refractivity (Wildman–Crippen MR) is 85.7 cm³/mol. The van der Waals surface area contributed by atoms with Crippen molar-refractivity contribution < 1.29 is 14.3 Å². The van der Waals surface area contributed by atoms with Gasteiger partial charge in [0, 0.05) is 13.7 Å². The molecule has 0 fully saturated rings. The van der Waals surface area contributed by atoms with Gasteiger partial charge in [0.1, 0.15) is 0 Å². The Balaban J connectivity index is 2.14. The van der Waals surface area contributed by atoms with Gasteiger partial charge >= 0.3 is 6.03 Å². The van der Waals surface area contributed by atoms with E-state index in [2.05, 4.69) is 22.8 Å². The second kappa shape index (κ2) is 10.8. The van der Waals surface area contributed by atoms with Crippen LogP contribution in [0, 0.1) is 0 Å². The van der Waals surface area contributed by atoms with E-state index in [0.717, 1.165) is 19.4 Å². The number of methoxy groups -OCH3 is 1. The number of carbonyl (C=O) groups is 2. The minimum Gasteiger partial charge on any atom is -0.383 e. The molecular formula is C16H25N3O3. The number of benzene rings is 1. The topological polar surface area (TPSA) is 70.7 Å². The van der Waals surface area contributed by atoms with Gasteiger partial charge in [-0.3, -0.25) is 15.0 Å². The quantitative estimate of drug-likeness (QED) is 0.668. The molecule has 0 bridgehead atoms. The summed E-state index contributed by atoms with van der Waals surface area (Å²) in [6, 6.07) is 9.74. The van der Waals surface area contributed by atoms with Crippen molar-refractivity contribution in [3.05, 3.63) is 35.9 Å². The summed E-state index contributed by atoms with van der Waals surface area (Å²) >= 11 is 0. The van der Waals surface area contributed by atoms with E-state index in [1.54, 1.807) is 7.11 Å². The molecule has 0 saturated carbocycles. The highest BCUT2D eigenvalue weighted by molar-refractivity contribution is 5.95. The molecule has 3 amide bonds. The second-order valence-corrected chi connectivity index (χ2v) is 5.12. The summed E-state index contributed by atoms with van der Waals surface area (Å²) in [5.41, 5.74) is 1.29. The largest absolute Gasteiger partial charge is 0.383 e. The average Bonchev–Trinajstić information content (AvgIpc) is 2.48. The predicted octanol–water partition coefficient (Wildman–Crippen LogP) is 1.02. The molecule has 0 radical (unpaired) electrons. The van der Waals surface area contributed by atoms with Crippen LogP contribution in [0.2, 0.25) is 0 Å². The van der Waals surface area contributed by atoms with Crippen LogP contribution in [0.25, 0.3) is 0 Å². The second-order valence-electron chi connectivity index (χ2n) is 5.12. The minimum atomic E-state index is -0.486. The number of hydrogen-bond donors (Lipinski definition) is 2. The van der Waals surface area contributed by atoms with Crippen LogP contribution in [0.15, 0.2) is 30.3 Å². The van der Waals surface area contributed by atoms with E-state index in [1.807, 2.05) is 30.1 Å². The Labute approximate surface area is 131 Å². The number of carbonyl (C=O) groups excluding carboxylic acids is 2. The Bertz CT molecular complexity index is 451. The van der Waals surface area contributed by atoms with Crippen LogP contribution >= 0.6 is 0 Å². The highest BCUT2D eigenvalue weighted by Gasteiger charge is 2.09. The van der Waals surface area contributed by atoms with Gasteiger partial charge in [-0.25, -0.2) is 4.79 Å². The van der Waals surface area contributed by atoms with Crippen molar-refractivity contribution in [2.24, 2.45) is 0 Å². The summed E-state index contributed by atoms with van der Waals surface area (Å²) in [6.07, 6.45) is 1.94. The molecule has 6 heteroatoms. The molecule has 0 aromatic heterocycles. The lowest BCUT2D eigenvalue weighted by atomic mass is 10.1. The van der Waals surface area contributed by atoms with E-state index in [9.17, 15) is 9.59 Å². The molecule has 1 aromatic rings. The lowest BCUT2D eigenvalue weighted by molar-refractivity contribution is -0.120. The monoisotopic (exact) mass is 307 g/mol. The number of nitrogens with zero attached hydrogens (tertiary/aromatic N) is 1. The molecule has 0 unspecified atom stereocenters. The number of rotatable bonds is 9. The van der Waals surface area contributed by atoms with Crippen LogP contribution in [-0.2, 0) is 16.0 Å². The Hall–Kier alpha value is -1.92. The Morgan fingerprint density at radius 3 is 2.64 bits per heavy atom. The SMILES string of the molecule is COCCNC(=O)NC(=O)CN(C)CCCc1ccccc1. The van der Waals surface area contributed by atoms with Gasteiger partial charge in [0.25, 0.3) is 0 Å². The van der Waals surface area contributed by atoms with E-state index < -0.39 is 6.03 Å². The number of imide groups is 1. The third-order valence-electron chi connectivity index (χ3n) is 3.11. The fourth-order valence-corrected chi connectivity index (χ4v) is 2.00. The molecule has 0 spiro atoms. The van der Waals surface area contributed by atoms with Crippen LogP contribution in [0.1, 0.15) is 12.0 Å². The molecule has 22 heavy (non-hydrogen) atoms.